The van der Waals surface area contributed by atoms with E-state index in [9.17, 15) is 9.59 Å². The Bertz CT molecular complexity index is 860. The maximum absolute atomic E-state index is 12.2. The monoisotopic (exact) mass is 499 g/mol. The number of unbranched alkanes of at least 4 members (excludes halogenated alkanes) is 1. The number of aryl methyl sites for hydroxylation is 1. The first kappa shape index (κ1) is 22.5. The van der Waals surface area contributed by atoms with Crippen LogP contribution in [0, 0.1) is 0 Å². The molecule has 3 heterocycles. The van der Waals surface area contributed by atoms with Crippen LogP contribution in [0.15, 0.2) is 10.7 Å². The number of carbonyl (C=O) groups is 2. The van der Waals surface area contributed by atoms with Gasteiger partial charge in [-0.1, -0.05) is 0 Å². The van der Waals surface area contributed by atoms with Crippen LogP contribution in [0.5, 0.6) is 5.88 Å². The van der Waals surface area contributed by atoms with E-state index >= 15 is 0 Å². The third kappa shape index (κ3) is 6.16. The lowest BCUT2D eigenvalue weighted by molar-refractivity contribution is 0.0996. The zero-order valence-electron chi connectivity index (χ0n) is 16.8. The standard InChI is InChI=1S/C18H26BrN7O3S/c1-25-13(19)10-12(23-25)11-29-16-14(15(20)27)17(30-24-16)22-18(28)21-6-2-3-7-26-8-4-5-9-26/h10H,2-9,11H2,1H3,(H2,20,27)(H2,21,22,28). The highest BCUT2D eigenvalue weighted by atomic mass is 79.9. The summed E-state index contributed by atoms with van der Waals surface area (Å²) in [7, 11) is 1.79. The number of hydrogen-bond donors (Lipinski definition) is 3. The van der Waals surface area contributed by atoms with Gasteiger partial charge in [0.25, 0.3) is 5.91 Å². The van der Waals surface area contributed by atoms with Gasteiger partial charge in [0.1, 0.15) is 27.5 Å². The molecule has 0 radical (unpaired) electrons. The molecular formula is C18H26BrN7O3S. The minimum Gasteiger partial charge on any atom is -0.470 e. The van der Waals surface area contributed by atoms with Crippen molar-refractivity contribution < 1.29 is 14.3 Å². The minimum absolute atomic E-state index is 0.0548. The fraction of sp³-hybridized carbons (Fsp3) is 0.556. The molecule has 1 saturated heterocycles. The number of halogens is 1. The summed E-state index contributed by atoms with van der Waals surface area (Å²) in [5.74, 6) is -0.642. The Balaban J connectivity index is 1.47. The molecule has 0 atom stereocenters. The van der Waals surface area contributed by atoms with Gasteiger partial charge in [-0.25, -0.2) is 4.79 Å². The van der Waals surface area contributed by atoms with Crippen molar-refractivity contribution in [3.8, 4) is 5.88 Å². The number of hydrogen-bond acceptors (Lipinski definition) is 7. The summed E-state index contributed by atoms with van der Waals surface area (Å²) in [5, 5.41) is 9.95. The van der Waals surface area contributed by atoms with Crippen molar-refractivity contribution in [3.63, 3.8) is 0 Å². The van der Waals surface area contributed by atoms with E-state index in [0.717, 1.165) is 35.5 Å². The van der Waals surface area contributed by atoms with Crippen LogP contribution in [0.3, 0.4) is 0 Å². The summed E-state index contributed by atoms with van der Waals surface area (Å²) >= 11 is 4.31. The lowest BCUT2D eigenvalue weighted by Crippen LogP contribution is -2.30. The molecular weight excluding hydrogens is 474 g/mol. The van der Waals surface area contributed by atoms with Gasteiger partial charge in [0.15, 0.2) is 0 Å². The zero-order valence-corrected chi connectivity index (χ0v) is 19.2. The second-order valence-electron chi connectivity index (χ2n) is 7.06. The van der Waals surface area contributed by atoms with Gasteiger partial charge in [-0.3, -0.25) is 14.8 Å². The summed E-state index contributed by atoms with van der Waals surface area (Å²) in [6.45, 7) is 4.10. The summed E-state index contributed by atoms with van der Waals surface area (Å²) in [5.41, 5.74) is 6.19. The third-order valence-electron chi connectivity index (χ3n) is 4.75. The van der Waals surface area contributed by atoms with Crippen LogP contribution in [0.2, 0.25) is 0 Å². The summed E-state index contributed by atoms with van der Waals surface area (Å²) < 4.78 is 12.2. The van der Waals surface area contributed by atoms with Crippen molar-refractivity contribution in [2.75, 3.05) is 31.5 Å². The van der Waals surface area contributed by atoms with Crippen molar-refractivity contribution in [3.05, 3.63) is 21.9 Å². The second-order valence-corrected chi connectivity index (χ2v) is 8.65. The number of amides is 3. The summed E-state index contributed by atoms with van der Waals surface area (Å²) in [4.78, 5) is 26.5. The Labute approximate surface area is 187 Å². The van der Waals surface area contributed by atoms with Crippen LogP contribution in [-0.2, 0) is 13.7 Å². The van der Waals surface area contributed by atoms with Gasteiger partial charge < -0.3 is 20.7 Å². The lowest BCUT2D eigenvalue weighted by Gasteiger charge is -2.14. The molecule has 164 valence electrons. The van der Waals surface area contributed by atoms with Gasteiger partial charge in [0, 0.05) is 13.6 Å². The molecule has 0 saturated carbocycles. The number of rotatable bonds is 10. The van der Waals surface area contributed by atoms with Gasteiger partial charge >= 0.3 is 6.03 Å². The Morgan fingerprint density at radius 1 is 1.33 bits per heavy atom. The molecule has 0 aromatic carbocycles. The van der Waals surface area contributed by atoms with Crippen LogP contribution >= 0.6 is 27.5 Å². The molecule has 0 aliphatic carbocycles. The number of ether oxygens (including phenoxy) is 1. The molecule has 3 rings (SSSR count). The molecule has 4 N–H and O–H groups in total. The topological polar surface area (TPSA) is 127 Å². The molecule has 0 bridgehead atoms. The van der Waals surface area contributed by atoms with E-state index in [0.29, 0.717) is 12.2 Å². The van der Waals surface area contributed by atoms with Gasteiger partial charge in [-0.2, -0.15) is 9.47 Å². The fourth-order valence-corrected chi connectivity index (χ4v) is 4.28. The Morgan fingerprint density at radius 2 is 2.10 bits per heavy atom. The smallest absolute Gasteiger partial charge is 0.319 e. The van der Waals surface area contributed by atoms with Crippen molar-refractivity contribution in [1.82, 2.24) is 24.4 Å². The number of likely N-dealkylation sites (tertiary alicyclic amines) is 1. The molecule has 1 fully saturated rings. The van der Waals surface area contributed by atoms with Gasteiger partial charge in [0.2, 0.25) is 5.88 Å². The maximum Gasteiger partial charge on any atom is 0.319 e. The number of nitrogens with one attached hydrogen (secondary N) is 2. The predicted octanol–water partition coefficient (Wildman–Crippen LogP) is 2.31. The quantitative estimate of drug-likeness (QED) is 0.430. The van der Waals surface area contributed by atoms with Gasteiger partial charge in [0.05, 0.1) is 0 Å². The molecule has 30 heavy (non-hydrogen) atoms. The molecule has 0 unspecified atom stereocenters. The van der Waals surface area contributed by atoms with Crippen LogP contribution in [0.4, 0.5) is 9.80 Å². The Morgan fingerprint density at radius 3 is 2.77 bits per heavy atom. The van der Waals surface area contributed by atoms with Crippen LogP contribution in [0.1, 0.15) is 41.7 Å². The van der Waals surface area contributed by atoms with Crippen molar-refractivity contribution >= 4 is 44.4 Å². The highest BCUT2D eigenvalue weighted by molar-refractivity contribution is 9.10. The van der Waals surface area contributed by atoms with E-state index < -0.39 is 11.9 Å². The Kier molecular flexibility index (Phi) is 8.05. The fourth-order valence-electron chi connectivity index (χ4n) is 3.21. The molecule has 2 aromatic heterocycles. The van der Waals surface area contributed by atoms with Crippen molar-refractivity contribution in [2.45, 2.75) is 32.3 Å². The van der Waals surface area contributed by atoms with E-state index in [2.05, 4.69) is 40.9 Å². The number of anilines is 1. The first-order chi connectivity index (χ1) is 14.4. The third-order valence-corrected chi connectivity index (χ3v) is 6.24. The number of nitrogens with two attached hydrogens (primary N) is 1. The molecule has 10 nitrogen and oxygen atoms in total. The van der Waals surface area contributed by atoms with Crippen molar-refractivity contribution in [2.24, 2.45) is 12.8 Å². The molecule has 1 aliphatic heterocycles. The largest absolute Gasteiger partial charge is 0.470 e. The highest BCUT2D eigenvalue weighted by Gasteiger charge is 2.22. The molecule has 3 amide bonds. The molecule has 12 heteroatoms. The summed E-state index contributed by atoms with van der Waals surface area (Å²) in [6, 6.07) is 1.40. The van der Waals surface area contributed by atoms with Crippen molar-refractivity contribution in [1.29, 1.82) is 0 Å². The summed E-state index contributed by atoms with van der Waals surface area (Å²) in [6.07, 6.45) is 4.49. The maximum atomic E-state index is 12.2. The number of urea groups is 1. The Hall–Kier alpha value is -2.18. The second kappa shape index (κ2) is 10.7. The van der Waals surface area contributed by atoms with E-state index in [4.69, 9.17) is 10.5 Å². The van der Waals surface area contributed by atoms with E-state index in [1.54, 1.807) is 17.8 Å². The van der Waals surface area contributed by atoms with E-state index in [-0.39, 0.29) is 23.1 Å². The first-order valence-corrected chi connectivity index (χ1v) is 11.4. The number of primary amides is 1. The highest BCUT2D eigenvalue weighted by Crippen LogP contribution is 2.30. The van der Waals surface area contributed by atoms with Gasteiger partial charge in [-0.15, -0.1) is 0 Å². The molecule has 1 aliphatic rings. The van der Waals surface area contributed by atoms with E-state index in [1.807, 2.05) is 0 Å². The number of carbonyl (C=O) groups excluding carboxylic acids is 2. The van der Waals surface area contributed by atoms with Crippen LogP contribution in [-0.4, -0.2) is 57.2 Å². The zero-order chi connectivity index (χ0) is 21.5. The molecule has 0 spiro atoms. The van der Waals surface area contributed by atoms with Gasteiger partial charge in [-0.05, 0) is 78.8 Å². The normalized spacial score (nSPS) is 14.1. The SMILES string of the molecule is Cn1nc(COc2nsc(NC(=O)NCCCCN3CCCC3)c2C(N)=O)cc1Br. The van der Waals surface area contributed by atoms with Crippen LogP contribution in [0.25, 0.3) is 0 Å². The lowest BCUT2D eigenvalue weighted by atomic mass is 10.3. The van der Waals surface area contributed by atoms with Crippen LogP contribution < -0.4 is 21.1 Å². The number of aromatic nitrogens is 3. The average molecular weight is 500 g/mol. The minimum atomic E-state index is -0.720. The van der Waals surface area contributed by atoms with E-state index in [1.165, 1.54) is 25.9 Å². The average Bonchev–Trinajstić information content (AvgIpc) is 3.41. The number of nitrogens with zero attached hydrogens (tertiary/aromatic N) is 4. The predicted molar refractivity (Wildman–Crippen MR) is 118 cm³/mol. The molecule has 2 aromatic rings. The first-order valence-electron chi connectivity index (χ1n) is 9.82.